The van der Waals surface area contributed by atoms with Crippen molar-refractivity contribution in [3.05, 3.63) is 65.7 Å². The van der Waals surface area contributed by atoms with E-state index < -0.39 is 5.91 Å². The number of hydrogen-bond acceptors (Lipinski definition) is 3. The van der Waals surface area contributed by atoms with E-state index in [4.69, 9.17) is 0 Å². The van der Waals surface area contributed by atoms with Gasteiger partial charge in [-0.3, -0.25) is 4.79 Å². The summed E-state index contributed by atoms with van der Waals surface area (Å²) in [7, 11) is 0. The number of hydrogen-bond donors (Lipinski definition) is 2. The first-order chi connectivity index (χ1) is 9.68. The average Bonchev–Trinajstić information content (AvgIpc) is 2.48. The number of amides is 1. The maximum absolute atomic E-state index is 11.8. The molecule has 0 aliphatic rings. The first-order valence-electron chi connectivity index (χ1n) is 6.35. The first kappa shape index (κ1) is 13.8. The molecule has 4 nitrogen and oxygen atoms in total. The molecule has 2 rings (SSSR count). The third-order valence-corrected chi connectivity index (χ3v) is 2.94. The number of rotatable bonds is 4. The molecular weight excluding hydrogens is 252 g/mol. The van der Waals surface area contributed by atoms with Gasteiger partial charge in [-0.15, -0.1) is 0 Å². The predicted molar refractivity (Wildman–Crippen MR) is 78.9 cm³/mol. The molecule has 20 heavy (non-hydrogen) atoms. The number of carbonyl (C=O) groups is 1. The van der Waals surface area contributed by atoms with Crippen LogP contribution in [0.4, 0.5) is 0 Å². The molecule has 0 radical (unpaired) electrons. The molecular formula is C16H16N2O2. The van der Waals surface area contributed by atoms with Gasteiger partial charge in [0.15, 0.2) is 0 Å². The molecule has 2 N–H and O–H groups in total. The second-order valence-electron chi connectivity index (χ2n) is 4.44. The number of benzene rings is 2. The molecule has 0 aliphatic carbocycles. The van der Waals surface area contributed by atoms with Crippen LogP contribution in [0.5, 0.6) is 5.75 Å². The Kier molecular flexibility index (Phi) is 4.50. The maximum Gasteiger partial charge on any atom is 0.275 e. The first-order valence-corrected chi connectivity index (χ1v) is 6.35. The Morgan fingerprint density at radius 1 is 1.15 bits per heavy atom. The molecule has 0 fully saturated rings. The van der Waals surface area contributed by atoms with E-state index in [2.05, 4.69) is 10.5 Å². The zero-order valence-electron chi connectivity index (χ0n) is 11.2. The number of hydrazone groups is 1. The summed E-state index contributed by atoms with van der Waals surface area (Å²) < 4.78 is 0. The summed E-state index contributed by atoms with van der Waals surface area (Å²) in [5.74, 6) is -0.392. The van der Waals surface area contributed by atoms with E-state index in [1.54, 1.807) is 24.4 Å². The van der Waals surface area contributed by atoms with Crippen molar-refractivity contribution in [2.45, 2.75) is 12.8 Å². The van der Waals surface area contributed by atoms with Crippen molar-refractivity contribution in [2.75, 3.05) is 0 Å². The summed E-state index contributed by atoms with van der Waals surface area (Å²) in [6.45, 7) is 1.99. The minimum absolute atomic E-state index is 0.0590. The van der Waals surface area contributed by atoms with Crippen LogP contribution < -0.4 is 5.43 Å². The Morgan fingerprint density at radius 3 is 2.50 bits per heavy atom. The van der Waals surface area contributed by atoms with E-state index in [9.17, 15) is 9.90 Å². The summed E-state index contributed by atoms with van der Waals surface area (Å²) in [6.07, 6.45) is 1.66. The minimum atomic E-state index is -0.431. The highest BCUT2D eigenvalue weighted by atomic mass is 16.3. The largest absolute Gasteiger partial charge is 0.507 e. The lowest BCUT2D eigenvalue weighted by atomic mass is 10.0. The van der Waals surface area contributed by atoms with Crippen LogP contribution in [0.15, 0.2) is 59.7 Å². The highest BCUT2D eigenvalue weighted by molar-refractivity contribution is 5.96. The van der Waals surface area contributed by atoms with Crippen LogP contribution in [-0.2, 0) is 0 Å². The second-order valence-corrected chi connectivity index (χ2v) is 4.44. The van der Waals surface area contributed by atoms with Crippen molar-refractivity contribution in [1.29, 1.82) is 0 Å². The summed E-state index contributed by atoms with van der Waals surface area (Å²) in [4.78, 5) is 11.8. The van der Waals surface area contributed by atoms with Crippen LogP contribution in [0, 0.1) is 0 Å². The van der Waals surface area contributed by atoms with E-state index in [1.807, 2.05) is 37.3 Å². The fourth-order valence-corrected chi connectivity index (χ4v) is 1.78. The Hall–Kier alpha value is -2.62. The predicted octanol–water partition coefficient (Wildman–Crippen LogP) is 2.91. The molecule has 0 aliphatic heterocycles. The monoisotopic (exact) mass is 268 g/mol. The number of phenolic OH excluding ortho intramolecular Hbond substituents is 1. The highest BCUT2D eigenvalue weighted by Crippen LogP contribution is 2.15. The van der Waals surface area contributed by atoms with Gasteiger partial charge in [0.1, 0.15) is 5.75 Å². The van der Waals surface area contributed by atoms with Gasteiger partial charge < -0.3 is 5.11 Å². The maximum atomic E-state index is 11.8. The summed E-state index contributed by atoms with van der Waals surface area (Å²) in [5, 5.41) is 13.5. The third kappa shape index (κ3) is 3.45. The SMILES string of the molecule is CC(C=NNC(=O)c1ccccc1O)c1ccccc1. The van der Waals surface area contributed by atoms with Gasteiger partial charge in [-0.2, -0.15) is 5.10 Å². The van der Waals surface area contributed by atoms with Crippen LogP contribution in [0.3, 0.4) is 0 Å². The van der Waals surface area contributed by atoms with E-state index in [-0.39, 0.29) is 17.2 Å². The molecule has 0 saturated heterocycles. The van der Waals surface area contributed by atoms with E-state index in [1.165, 1.54) is 6.07 Å². The van der Waals surface area contributed by atoms with Gasteiger partial charge in [0.2, 0.25) is 0 Å². The topological polar surface area (TPSA) is 61.7 Å². The van der Waals surface area contributed by atoms with Crippen LogP contribution in [0.2, 0.25) is 0 Å². The van der Waals surface area contributed by atoms with Gasteiger partial charge in [-0.25, -0.2) is 5.43 Å². The lowest BCUT2D eigenvalue weighted by Gasteiger charge is -2.06. The van der Waals surface area contributed by atoms with E-state index in [0.717, 1.165) is 5.56 Å². The molecule has 0 heterocycles. The molecule has 1 unspecified atom stereocenters. The number of nitrogens with zero attached hydrogens (tertiary/aromatic N) is 1. The molecule has 0 aromatic heterocycles. The standard InChI is InChI=1S/C16H16N2O2/c1-12(13-7-3-2-4-8-13)11-17-18-16(20)14-9-5-6-10-15(14)19/h2-12,19H,1H3,(H,18,20). The van der Waals surface area contributed by atoms with Gasteiger partial charge in [0.25, 0.3) is 5.91 Å². The average molecular weight is 268 g/mol. The van der Waals surface area contributed by atoms with Crippen molar-refractivity contribution in [1.82, 2.24) is 5.43 Å². The fraction of sp³-hybridized carbons (Fsp3) is 0.125. The number of nitrogens with one attached hydrogen (secondary N) is 1. The third-order valence-electron chi connectivity index (χ3n) is 2.94. The number of carbonyl (C=O) groups excluding carboxylic acids is 1. The molecule has 102 valence electrons. The van der Waals surface area contributed by atoms with Crippen LogP contribution >= 0.6 is 0 Å². The van der Waals surface area contributed by atoms with Gasteiger partial charge in [-0.1, -0.05) is 49.4 Å². The Bertz CT molecular complexity index is 609. The van der Waals surface area contributed by atoms with Crippen LogP contribution in [0.25, 0.3) is 0 Å². The zero-order valence-corrected chi connectivity index (χ0v) is 11.2. The number of phenols is 1. The molecule has 0 bridgehead atoms. The van der Waals surface area contributed by atoms with Crippen molar-refractivity contribution >= 4 is 12.1 Å². The Morgan fingerprint density at radius 2 is 1.80 bits per heavy atom. The fourth-order valence-electron chi connectivity index (χ4n) is 1.78. The molecule has 2 aromatic rings. The normalized spacial score (nSPS) is 12.2. The smallest absolute Gasteiger partial charge is 0.275 e. The quantitative estimate of drug-likeness (QED) is 0.661. The Balaban J connectivity index is 1.97. The van der Waals surface area contributed by atoms with Crippen LogP contribution in [-0.4, -0.2) is 17.2 Å². The molecule has 2 aromatic carbocycles. The number of para-hydroxylation sites is 1. The Labute approximate surface area is 117 Å². The van der Waals surface area contributed by atoms with Gasteiger partial charge in [0, 0.05) is 12.1 Å². The molecule has 1 amide bonds. The van der Waals surface area contributed by atoms with E-state index >= 15 is 0 Å². The van der Waals surface area contributed by atoms with Gasteiger partial charge >= 0.3 is 0 Å². The van der Waals surface area contributed by atoms with Crippen LogP contribution in [0.1, 0.15) is 28.8 Å². The summed E-state index contributed by atoms with van der Waals surface area (Å²) in [5.41, 5.74) is 3.74. The molecule has 0 spiro atoms. The number of aromatic hydroxyl groups is 1. The lowest BCUT2D eigenvalue weighted by Crippen LogP contribution is -2.18. The minimum Gasteiger partial charge on any atom is -0.507 e. The molecule has 4 heteroatoms. The van der Waals surface area contributed by atoms with Gasteiger partial charge in [0.05, 0.1) is 5.56 Å². The highest BCUT2D eigenvalue weighted by Gasteiger charge is 2.08. The van der Waals surface area contributed by atoms with Gasteiger partial charge in [-0.05, 0) is 17.7 Å². The molecule has 0 saturated carbocycles. The summed E-state index contributed by atoms with van der Waals surface area (Å²) in [6, 6.07) is 16.2. The molecule has 1 atom stereocenters. The second kappa shape index (κ2) is 6.52. The van der Waals surface area contributed by atoms with Crippen molar-refractivity contribution < 1.29 is 9.90 Å². The van der Waals surface area contributed by atoms with Crippen molar-refractivity contribution in [3.63, 3.8) is 0 Å². The van der Waals surface area contributed by atoms with Crippen molar-refractivity contribution in [2.24, 2.45) is 5.10 Å². The lowest BCUT2D eigenvalue weighted by molar-refractivity contribution is 0.0952. The van der Waals surface area contributed by atoms with E-state index in [0.29, 0.717) is 0 Å². The zero-order chi connectivity index (χ0) is 14.4. The summed E-state index contributed by atoms with van der Waals surface area (Å²) >= 11 is 0. The van der Waals surface area contributed by atoms with Crippen molar-refractivity contribution in [3.8, 4) is 5.75 Å².